The molecule has 2 fully saturated rings. The maximum Gasteiger partial charge on any atom is 0.159 e. The average molecular weight is 429 g/mol. The molecule has 0 aliphatic heterocycles. The lowest BCUT2D eigenvalue weighted by Gasteiger charge is -2.52. The smallest absolute Gasteiger partial charge is 0.159 e. The van der Waals surface area contributed by atoms with Gasteiger partial charge in [-0.3, -0.25) is 9.59 Å². The Morgan fingerprint density at radius 2 is 1.97 bits per heavy atom. The van der Waals surface area contributed by atoms with Crippen molar-refractivity contribution in [3.8, 4) is 12.0 Å². The van der Waals surface area contributed by atoms with E-state index in [1.54, 1.807) is 19.6 Å². The van der Waals surface area contributed by atoms with Crippen LogP contribution in [0.5, 0.6) is 0 Å². The zero-order valence-electron chi connectivity index (χ0n) is 19.2. The van der Waals surface area contributed by atoms with E-state index in [4.69, 9.17) is 4.74 Å². The minimum Gasteiger partial charge on any atom is -0.450 e. The van der Waals surface area contributed by atoms with Gasteiger partial charge in [0.25, 0.3) is 0 Å². The molecule has 0 radical (unpaired) electrons. The Balaban J connectivity index is 1.63. The van der Waals surface area contributed by atoms with Crippen LogP contribution in [0.4, 0.5) is 0 Å². The Morgan fingerprint density at radius 1 is 1.16 bits per heavy atom. The highest BCUT2D eigenvalue weighted by atomic mass is 16.5. The van der Waals surface area contributed by atoms with E-state index in [2.05, 4.69) is 24.2 Å². The van der Waals surface area contributed by atoms with Gasteiger partial charge in [0.2, 0.25) is 0 Å². The molecular weight excluding hydrogens is 396 g/mol. The quantitative estimate of drug-likeness (QED) is 0.428. The lowest BCUT2D eigenvalue weighted by Crippen LogP contribution is -2.42. The topological polar surface area (TPSA) is 43.4 Å². The zero-order chi connectivity index (χ0) is 22.3. The van der Waals surface area contributed by atoms with Gasteiger partial charge in [0.15, 0.2) is 11.6 Å². The maximum absolute atomic E-state index is 12.2. The highest BCUT2D eigenvalue weighted by molar-refractivity contribution is 5.94. The van der Waals surface area contributed by atoms with Crippen molar-refractivity contribution in [2.24, 2.45) is 17.3 Å². The van der Waals surface area contributed by atoms with Gasteiger partial charge in [0.1, 0.15) is 6.11 Å². The second-order valence-electron chi connectivity index (χ2n) is 10.2. The van der Waals surface area contributed by atoms with E-state index in [0.717, 1.165) is 37.7 Å². The minimum atomic E-state index is 0.107. The molecule has 4 atom stereocenters. The molecule has 1 aromatic carbocycles. The highest BCUT2D eigenvalue weighted by Gasteiger charge is 2.54. The Morgan fingerprint density at radius 3 is 2.72 bits per heavy atom. The number of ether oxygens (including phenoxy) is 1. The number of allylic oxidation sites excluding steroid dienone is 4. The molecule has 0 amide bonds. The number of benzene rings is 1. The maximum atomic E-state index is 12.2. The van der Waals surface area contributed by atoms with Gasteiger partial charge in [0, 0.05) is 24.3 Å². The number of hydrogen-bond donors (Lipinski definition) is 0. The molecule has 3 nitrogen and oxygen atoms in total. The number of rotatable bonds is 3. The number of methoxy groups -OCH3 is 1. The standard InChI is InChI=1S/C29H32O3/c1-19(30)20-6-8-21(9-7-20)26-18-29(15-4-16-32-2)14-3-5-27(29)25-12-10-22-17-23(31)11-13-24(22)28(25)26/h6-9,17,25-27H,3,5,10-15,18H2,1-2H3/t25-,26+,27-,29?/m0/s1. The van der Waals surface area contributed by atoms with Crippen LogP contribution in [0.15, 0.2) is 47.1 Å². The molecule has 0 N–H and O–H groups in total. The van der Waals surface area contributed by atoms with Gasteiger partial charge < -0.3 is 4.74 Å². The van der Waals surface area contributed by atoms with Crippen molar-refractivity contribution in [2.45, 2.75) is 70.6 Å². The molecule has 1 aromatic rings. The summed E-state index contributed by atoms with van der Waals surface area (Å²) in [5, 5.41) is 0. The molecule has 2 saturated carbocycles. The summed E-state index contributed by atoms with van der Waals surface area (Å²) in [6, 6.07) is 8.31. The largest absolute Gasteiger partial charge is 0.450 e. The molecule has 0 aromatic heterocycles. The third-order valence-electron chi connectivity index (χ3n) is 8.60. The number of carbonyl (C=O) groups excluding carboxylic acids is 2. The van der Waals surface area contributed by atoms with Crippen LogP contribution < -0.4 is 0 Å². The second-order valence-corrected chi connectivity index (χ2v) is 10.2. The van der Waals surface area contributed by atoms with E-state index < -0.39 is 0 Å². The summed E-state index contributed by atoms with van der Waals surface area (Å²) in [5.41, 5.74) is 6.69. The van der Waals surface area contributed by atoms with Gasteiger partial charge in [-0.05, 0) is 85.5 Å². The Hall–Kier alpha value is -2.60. The minimum absolute atomic E-state index is 0.107. The molecule has 166 valence electrons. The van der Waals surface area contributed by atoms with Crippen molar-refractivity contribution in [3.63, 3.8) is 0 Å². The predicted molar refractivity (Wildman–Crippen MR) is 125 cm³/mol. The number of hydrogen-bond acceptors (Lipinski definition) is 3. The SMILES string of the molecule is COC#CCC12CCC[C@H]1[C@@H]1CCC3=CC(=O)CCC3=C1[C@@H](c1ccc(C(C)=O)cc1)C2. The van der Waals surface area contributed by atoms with E-state index in [1.807, 2.05) is 18.2 Å². The van der Waals surface area contributed by atoms with Crippen molar-refractivity contribution < 1.29 is 14.3 Å². The predicted octanol–water partition coefficient (Wildman–Crippen LogP) is 6.16. The summed E-state index contributed by atoms with van der Waals surface area (Å²) in [6.07, 6.45) is 14.3. The molecule has 0 heterocycles. The van der Waals surface area contributed by atoms with Gasteiger partial charge in [-0.1, -0.05) is 42.2 Å². The Bertz CT molecular complexity index is 1060. The molecule has 32 heavy (non-hydrogen) atoms. The highest BCUT2D eigenvalue weighted by Crippen LogP contribution is 2.65. The molecule has 0 spiro atoms. The molecule has 0 bridgehead atoms. The summed E-state index contributed by atoms with van der Waals surface area (Å²) in [7, 11) is 1.64. The molecule has 3 heteroatoms. The lowest BCUT2D eigenvalue weighted by atomic mass is 9.52. The first-order valence-corrected chi connectivity index (χ1v) is 12.1. The van der Waals surface area contributed by atoms with Crippen LogP contribution >= 0.6 is 0 Å². The van der Waals surface area contributed by atoms with Crippen molar-refractivity contribution in [2.75, 3.05) is 7.11 Å². The lowest BCUT2D eigenvalue weighted by molar-refractivity contribution is -0.114. The van der Waals surface area contributed by atoms with Gasteiger partial charge in [-0.25, -0.2) is 0 Å². The third-order valence-corrected chi connectivity index (χ3v) is 8.60. The monoisotopic (exact) mass is 428 g/mol. The Kier molecular flexibility index (Phi) is 5.58. The van der Waals surface area contributed by atoms with Crippen molar-refractivity contribution in [3.05, 3.63) is 58.2 Å². The summed E-state index contributed by atoms with van der Waals surface area (Å²) >= 11 is 0. The molecular formula is C29H32O3. The number of carbonyl (C=O) groups is 2. The van der Waals surface area contributed by atoms with E-state index >= 15 is 0 Å². The van der Waals surface area contributed by atoms with Crippen LogP contribution in [-0.4, -0.2) is 18.7 Å². The van der Waals surface area contributed by atoms with Crippen molar-refractivity contribution in [1.29, 1.82) is 0 Å². The first-order valence-electron chi connectivity index (χ1n) is 12.1. The Labute approximate surface area is 191 Å². The first kappa shape index (κ1) is 21.3. The first-order chi connectivity index (χ1) is 15.5. The van der Waals surface area contributed by atoms with Crippen LogP contribution in [0.25, 0.3) is 0 Å². The van der Waals surface area contributed by atoms with Crippen molar-refractivity contribution >= 4 is 11.6 Å². The van der Waals surface area contributed by atoms with Crippen LogP contribution in [0.1, 0.15) is 86.6 Å². The molecule has 0 saturated heterocycles. The van der Waals surface area contributed by atoms with Crippen LogP contribution in [-0.2, 0) is 9.53 Å². The van der Waals surface area contributed by atoms with Gasteiger partial charge in [-0.15, -0.1) is 0 Å². The third kappa shape index (κ3) is 3.54. The van der Waals surface area contributed by atoms with Crippen molar-refractivity contribution in [1.82, 2.24) is 0 Å². The summed E-state index contributed by atoms with van der Waals surface area (Å²) in [5.74, 6) is 5.31. The van der Waals surface area contributed by atoms with E-state index in [1.165, 1.54) is 36.0 Å². The van der Waals surface area contributed by atoms with Gasteiger partial charge in [-0.2, -0.15) is 0 Å². The summed E-state index contributed by atoms with van der Waals surface area (Å²) < 4.78 is 5.07. The van der Waals surface area contributed by atoms with E-state index in [-0.39, 0.29) is 17.0 Å². The average Bonchev–Trinajstić information content (AvgIpc) is 3.22. The second kappa shape index (κ2) is 8.39. The number of ketones is 2. The normalized spacial score (nSPS) is 31.0. The van der Waals surface area contributed by atoms with E-state index in [9.17, 15) is 9.59 Å². The van der Waals surface area contributed by atoms with Gasteiger partial charge >= 0.3 is 0 Å². The van der Waals surface area contributed by atoms with Gasteiger partial charge in [0.05, 0.1) is 7.11 Å². The molecule has 4 aliphatic carbocycles. The number of Topliss-reactive ketones (excluding diaryl/α,β-unsaturated/α-hetero) is 1. The molecule has 1 unspecified atom stereocenters. The molecule has 4 aliphatic rings. The fraction of sp³-hybridized carbons (Fsp3) is 0.517. The van der Waals surface area contributed by atoms with Crippen LogP contribution in [0, 0.1) is 29.3 Å². The fourth-order valence-electron chi connectivity index (χ4n) is 7.28. The van der Waals surface area contributed by atoms with Crippen LogP contribution in [0.2, 0.25) is 0 Å². The summed E-state index contributed by atoms with van der Waals surface area (Å²) in [6.45, 7) is 1.63. The zero-order valence-corrected chi connectivity index (χ0v) is 19.2. The number of fused-ring (bicyclic) bond motifs is 4. The fourth-order valence-corrected chi connectivity index (χ4v) is 7.28. The molecule has 5 rings (SSSR count). The van der Waals surface area contributed by atoms with Crippen LogP contribution in [0.3, 0.4) is 0 Å². The summed E-state index contributed by atoms with van der Waals surface area (Å²) in [4.78, 5) is 24.0. The van der Waals surface area contributed by atoms with E-state index in [0.29, 0.717) is 24.2 Å².